The molecular formula is C53H58F3N13O4. The van der Waals surface area contributed by atoms with Gasteiger partial charge in [-0.1, -0.05) is 32.9 Å². The summed E-state index contributed by atoms with van der Waals surface area (Å²) in [6.45, 7) is 7.83. The number of hydrazine groups is 1. The van der Waals surface area contributed by atoms with E-state index >= 15 is 0 Å². The SMILES string of the molecule is CC(CC(N)=O)Cc1cc(C(F)(F)F)nc(-c2ccccn2)n1.CCc1cc(N2CC(Cc3cc(OC)cc(OC)c3)C2)nc(-c2ccncc2)n1.CCc1cc(NNC(=O)C2CC2)nc(-c2ccccn2)n1. The van der Waals surface area contributed by atoms with Crippen molar-refractivity contribution < 1.29 is 32.2 Å². The molecule has 1 atom stereocenters. The molecule has 73 heavy (non-hydrogen) atoms. The predicted molar refractivity (Wildman–Crippen MR) is 270 cm³/mol. The van der Waals surface area contributed by atoms with Gasteiger partial charge in [0.1, 0.15) is 40.2 Å². The standard InChI is InChI=1S/C23H26N4O2.C15H15F3N4O.C15H17N5O/c1-4-19-12-22(26-23(25-19)18-5-7-24-8-6-18)27-14-17(15-27)9-16-10-20(28-2)13-21(11-16)29-3;1-9(7-13(19)23)6-10-8-12(15(16,17)18)22-14(21-10)11-4-2-3-5-20-11;1-2-11-9-13(19-20-15(21)10-6-7-10)18-14(17-11)12-5-3-4-8-16-12/h5-8,10-13,17H,4,9,14-15H2,1-3H3;2-5,8-9H,6-7H2,1H3,(H2,19,23);3-5,8-10H,2,6-7H2,1H3,(H,20,21)(H,17,18,19). The molecule has 1 saturated heterocycles. The van der Waals surface area contributed by atoms with Gasteiger partial charge in [-0.3, -0.25) is 35.4 Å². The van der Waals surface area contributed by atoms with Crippen molar-refractivity contribution in [3.8, 4) is 45.9 Å². The van der Waals surface area contributed by atoms with Crippen LogP contribution in [0.4, 0.5) is 24.8 Å². The number of nitrogens with zero attached hydrogens (tertiary/aromatic N) is 10. The summed E-state index contributed by atoms with van der Waals surface area (Å²) in [5.41, 5.74) is 15.0. The average molecular weight is 998 g/mol. The smallest absolute Gasteiger partial charge is 0.433 e. The lowest BCUT2D eigenvalue weighted by Gasteiger charge is -2.40. The van der Waals surface area contributed by atoms with Gasteiger partial charge in [-0.05, 0) is 111 Å². The van der Waals surface area contributed by atoms with E-state index in [1.54, 1.807) is 51.9 Å². The predicted octanol–water partition coefficient (Wildman–Crippen LogP) is 8.36. The summed E-state index contributed by atoms with van der Waals surface area (Å²) in [6.07, 6.45) is 6.99. The highest BCUT2D eigenvalue weighted by Crippen LogP contribution is 2.32. The summed E-state index contributed by atoms with van der Waals surface area (Å²) >= 11 is 0. The number of carbonyl (C=O) groups excluding carboxylic acids is 2. The van der Waals surface area contributed by atoms with E-state index in [9.17, 15) is 22.8 Å². The highest BCUT2D eigenvalue weighted by Gasteiger charge is 2.34. The van der Waals surface area contributed by atoms with Crippen LogP contribution in [-0.4, -0.2) is 84.0 Å². The van der Waals surface area contributed by atoms with Crippen LogP contribution in [0.15, 0.2) is 110 Å². The molecule has 1 unspecified atom stereocenters. The lowest BCUT2D eigenvalue weighted by molar-refractivity contribution is -0.141. The maximum Gasteiger partial charge on any atom is 0.433 e. The quantitative estimate of drug-likeness (QED) is 0.0730. The highest BCUT2D eigenvalue weighted by atomic mass is 19.4. The molecule has 1 aliphatic heterocycles. The summed E-state index contributed by atoms with van der Waals surface area (Å²) < 4.78 is 49.9. The van der Waals surface area contributed by atoms with E-state index in [-0.39, 0.29) is 47.8 Å². The van der Waals surface area contributed by atoms with Crippen molar-refractivity contribution in [2.75, 3.05) is 37.6 Å². The number of aryl methyl sites for hydroxylation is 2. The van der Waals surface area contributed by atoms with Crippen LogP contribution in [0.2, 0.25) is 0 Å². The van der Waals surface area contributed by atoms with Gasteiger partial charge in [-0.15, -0.1) is 0 Å². The molecule has 6 aromatic heterocycles. The van der Waals surface area contributed by atoms with Crippen molar-refractivity contribution in [1.29, 1.82) is 0 Å². The molecular weight excluding hydrogens is 940 g/mol. The zero-order valence-electron chi connectivity index (χ0n) is 41.3. The number of carbonyl (C=O) groups is 2. The molecule has 7 aromatic rings. The lowest BCUT2D eigenvalue weighted by Crippen LogP contribution is -2.48. The number of primary amides is 1. The van der Waals surface area contributed by atoms with E-state index in [0.717, 1.165) is 91.4 Å². The molecule has 20 heteroatoms. The number of benzene rings is 1. The minimum atomic E-state index is -4.59. The molecule has 0 spiro atoms. The third kappa shape index (κ3) is 15.4. The van der Waals surface area contributed by atoms with Crippen LogP contribution in [0.5, 0.6) is 11.5 Å². The minimum absolute atomic E-state index is 0.0195. The van der Waals surface area contributed by atoms with E-state index in [0.29, 0.717) is 23.3 Å². The number of amides is 2. The first-order valence-electron chi connectivity index (χ1n) is 23.9. The van der Waals surface area contributed by atoms with Gasteiger partial charge in [0.05, 0.1) is 14.2 Å². The summed E-state index contributed by atoms with van der Waals surface area (Å²) in [6, 6.07) is 25.3. The number of halogens is 3. The van der Waals surface area contributed by atoms with Crippen LogP contribution < -0.4 is 31.0 Å². The molecule has 9 rings (SSSR count). The molecule has 2 amide bonds. The number of aromatic nitrogens is 9. The summed E-state index contributed by atoms with van der Waals surface area (Å²) in [4.78, 5) is 63.3. The Morgan fingerprint density at radius 2 is 1.34 bits per heavy atom. The Morgan fingerprint density at radius 1 is 0.740 bits per heavy atom. The number of alkyl halides is 3. The van der Waals surface area contributed by atoms with E-state index in [2.05, 4.69) is 75.8 Å². The van der Waals surface area contributed by atoms with Gasteiger partial charge in [0.15, 0.2) is 17.5 Å². The van der Waals surface area contributed by atoms with Crippen LogP contribution in [0, 0.1) is 17.8 Å². The van der Waals surface area contributed by atoms with Gasteiger partial charge in [0.2, 0.25) is 11.8 Å². The van der Waals surface area contributed by atoms with E-state index in [1.165, 1.54) is 17.8 Å². The highest BCUT2D eigenvalue weighted by molar-refractivity contribution is 5.81. The Labute approximate surface area is 421 Å². The zero-order chi connectivity index (χ0) is 51.9. The summed E-state index contributed by atoms with van der Waals surface area (Å²) in [5.74, 6) is 4.50. The van der Waals surface area contributed by atoms with Crippen LogP contribution in [-0.2, 0) is 41.4 Å². The van der Waals surface area contributed by atoms with Crippen molar-refractivity contribution in [3.05, 3.63) is 138 Å². The van der Waals surface area contributed by atoms with Crippen molar-refractivity contribution >= 4 is 23.5 Å². The maximum absolute atomic E-state index is 13.0. The number of hydrogen-bond acceptors (Lipinski definition) is 15. The number of ether oxygens (including phenoxy) is 2. The van der Waals surface area contributed by atoms with Crippen molar-refractivity contribution in [1.82, 2.24) is 50.3 Å². The number of rotatable bonds is 17. The number of pyridine rings is 3. The topological polar surface area (TPSA) is 222 Å². The van der Waals surface area contributed by atoms with Gasteiger partial charge >= 0.3 is 6.18 Å². The van der Waals surface area contributed by atoms with Crippen LogP contribution >= 0.6 is 0 Å². The summed E-state index contributed by atoms with van der Waals surface area (Å²) in [7, 11) is 3.37. The molecule has 2 fully saturated rings. The van der Waals surface area contributed by atoms with Gasteiger partial charge in [-0.25, -0.2) is 29.9 Å². The number of anilines is 2. The second-order valence-corrected chi connectivity index (χ2v) is 17.6. The Kier molecular flexibility index (Phi) is 17.9. The molecule has 380 valence electrons. The maximum atomic E-state index is 13.0. The lowest BCUT2D eigenvalue weighted by atomic mass is 9.92. The molecule has 1 aromatic carbocycles. The molecule has 7 heterocycles. The molecule has 0 radical (unpaired) electrons. The van der Waals surface area contributed by atoms with E-state index in [4.69, 9.17) is 25.2 Å². The van der Waals surface area contributed by atoms with Crippen molar-refractivity contribution in [3.63, 3.8) is 0 Å². The number of nitrogens with two attached hydrogens (primary N) is 1. The Morgan fingerprint density at radius 3 is 1.90 bits per heavy atom. The van der Waals surface area contributed by atoms with E-state index < -0.39 is 17.8 Å². The third-order valence-electron chi connectivity index (χ3n) is 11.7. The average Bonchev–Trinajstić information content (AvgIpc) is 4.25. The number of hydrogen-bond donors (Lipinski definition) is 3. The van der Waals surface area contributed by atoms with Crippen LogP contribution in [0.3, 0.4) is 0 Å². The third-order valence-corrected chi connectivity index (χ3v) is 11.7. The minimum Gasteiger partial charge on any atom is -0.497 e. The summed E-state index contributed by atoms with van der Waals surface area (Å²) in [5, 5.41) is 0. The molecule has 17 nitrogen and oxygen atoms in total. The first-order chi connectivity index (χ1) is 35.2. The number of methoxy groups -OCH3 is 2. The fourth-order valence-corrected chi connectivity index (χ4v) is 7.71. The fourth-order valence-electron chi connectivity index (χ4n) is 7.71. The normalized spacial score (nSPS) is 13.5. The molecule has 0 bridgehead atoms. The largest absolute Gasteiger partial charge is 0.497 e. The Hall–Kier alpha value is -8.16. The molecule has 4 N–H and O–H groups in total. The van der Waals surface area contributed by atoms with Gasteiger partial charge in [0.25, 0.3) is 0 Å². The van der Waals surface area contributed by atoms with E-state index in [1.807, 2.05) is 49.4 Å². The van der Waals surface area contributed by atoms with Crippen LogP contribution in [0.25, 0.3) is 34.4 Å². The van der Waals surface area contributed by atoms with Crippen molar-refractivity contribution in [2.45, 2.75) is 71.9 Å². The first-order valence-corrected chi connectivity index (χ1v) is 23.9. The first kappa shape index (κ1) is 52.7. The Bertz CT molecular complexity index is 2910. The molecule has 2 aliphatic rings. The fraction of sp³-hybridized carbons (Fsp3) is 0.340. The van der Waals surface area contributed by atoms with Gasteiger partial charge in [0, 0.05) is 91.1 Å². The van der Waals surface area contributed by atoms with Crippen molar-refractivity contribution in [2.24, 2.45) is 23.5 Å². The second kappa shape index (κ2) is 24.8. The Balaban J connectivity index is 0.000000163. The molecule has 1 aliphatic carbocycles. The monoisotopic (exact) mass is 997 g/mol. The molecule has 1 saturated carbocycles. The van der Waals surface area contributed by atoms with Gasteiger partial charge < -0.3 is 20.1 Å². The van der Waals surface area contributed by atoms with Crippen LogP contribution in [0.1, 0.15) is 68.4 Å². The second-order valence-electron chi connectivity index (χ2n) is 17.6. The number of nitrogens with one attached hydrogen (secondary N) is 2. The zero-order valence-corrected chi connectivity index (χ0v) is 41.3. The van der Waals surface area contributed by atoms with Gasteiger partial charge in [-0.2, -0.15) is 13.2 Å².